The third-order valence-corrected chi connectivity index (χ3v) is 3.63. The first-order chi connectivity index (χ1) is 10.2. The van der Waals surface area contributed by atoms with Crippen molar-refractivity contribution in [1.82, 2.24) is 15.0 Å². The van der Waals surface area contributed by atoms with Crippen LogP contribution in [0.2, 0.25) is 0 Å². The van der Waals surface area contributed by atoms with E-state index < -0.39 is 11.9 Å². The monoisotopic (exact) mass is 287 g/mol. The van der Waals surface area contributed by atoms with Crippen molar-refractivity contribution in [3.8, 4) is 5.69 Å². The van der Waals surface area contributed by atoms with E-state index in [9.17, 15) is 9.90 Å². The first-order valence-corrected chi connectivity index (χ1v) is 7.42. The number of aliphatic carboxylic acids is 1. The van der Waals surface area contributed by atoms with Crippen LogP contribution in [0, 0.1) is 0 Å². The summed E-state index contributed by atoms with van der Waals surface area (Å²) in [4.78, 5) is 11.6. The summed E-state index contributed by atoms with van der Waals surface area (Å²) < 4.78 is 1.62. The molecule has 0 saturated heterocycles. The maximum Gasteiger partial charge on any atom is 0.311 e. The van der Waals surface area contributed by atoms with E-state index in [0.717, 1.165) is 36.9 Å². The SMILES string of the molecule is CCCCCCC(C(=O)O)c1ccccc1-n1ccnn1. The van der Waals surface area contributed by atoms with Crippen LogP contribution in [0.15, 0.2) is 36.7 Å². The number of carboxylic acids is 1. The zero-order valence-electron chi connectivity index (χ0n) is 12.3. The van der Waals surface area contributed by atoms with Gasteiger partial charge in [-0.15, -0.1) is 5.10 Å². The predicted octanol–water partition coefficient (Wildman–Crippen LogP) is 3.41. The molecule has 0 aliphatic carbocycles. The normalized spacial score (nSPS) is 12.2. The molecule has 0 radical (unpaired) electrons. The van der Waals surface area contributed by atoms with Crippen LogP contribution < -0.4 is 0 Å². The highest BCUT2D eigenvalue weighted by Gasteiger charge is 2.22. The molecule has 1 aromatic heterocycles. The van der Waals surface area contributed by atoms with Crippen LogP contribution in [0.4, 0.5) is 0 Å². The minimum Gasteiger partial charge on any atom is -0.481 e. The van der Waals surface area contributed by atoms with Crippen LogP contribution in [-0.4, -0.2) is 26.1 Å². The van der Waals surface area contributed by atoms with E-state index in [1.54, 1.807) is 17.1 Å². The molecule has 1 aromatic carbocycles. The highest BCUT2D eigenvalue weighted by atomic mass is 16.4. The smallest absolute Gasteiger partial charge is 0.311 e. The Morgan fingerprint density at radius 3 is 2.76 bits per heavy atom. The quantitative estimate of drug-likeness (QED) is 0.755. The minimum atomic E-state index is -0.779. The predicted molar refractivity (Wildman–Crippen MR) is 80.5 cm³/mol. The Morgan fingerprint density at radius 1 is 1.29 bits per heavy atom. The van der Waals surface area contributed by atoms with Crippen molar-refractivity contribution >= 4 is 5.97 Å². The number of benzene rings is 1. The molecule has 5 heteroatoms. The summed E-state index contributed by atoms with van der Waals surface area (Å²) in [6, 6.07) is 7.51. The molecule has 0 aliphatic heterocycles. The van der Waals surface area contributed by atoms with Gasteiger partial charge in [0, 0.05) is 0 Å². The molecule has 0 spiro atoms. The molecule has 1 atom stereocenters. The number of aromatic nitrogens is 3. The minimum absolute atomic E-state index is 0.498. The van der Waals surface area contributed by atoms with Crippen LogP contribution in [0.25, 0.3) is 5.69 Å². The van der Waals surface area contributed by atoms with E-state index in [0.29, 0.717) is 6.42 Å². The van der Waals surface area contributed by atoms with E-state index in [2.05, 4.69) is 17.2 Å². The number of hydrogen-bond acceptors (Lipinski definition) is 3. The number of nitrogens with zero attached hydrogens (tertiary/aromatic N) is 3. The lowest BCUT2D eigenvalue weighted by atomic mass is 9.91. The lowest BCUT2D eigenvalue weighted by Gasteiger charge is -2.16. The molecule has 5 nitrogen and oxygen atoms in total. The maximum absolute atomic E-state index is 11.6. The molecule has 0 bridgehead atoms. The average Bonchev–Trinajstić information content (AvgIpc) is 3.01. The van der Waals surface area contributed by atoms with Crippen LogP contribution in [-0.2, 0) is 4.79 Å². The largest absolute Gasteiger partial charge is 0.481 e. The lowest BCUT2D eigenvalue weighted by molar-refractivity contribution is -0.139. The molecule has 21 heavy (non-hydrogen) atoms. The van der Waals surface area contributed by atoms with Crippen LogP contribution in [0.3, 0.4) is 0 Å². The molecule has 1 N–H and O–H groups in total. The Morgan fingerprint density at radius 2 is 2.10 bits per heavy atom. The number of hydrogen-bond donors (Lipinski definition) is 1. The van der Waals surface area contributed by atoms with Gasteiger partial charge in [0.05, 0.1) is 24.0 Å². The van der Waals surface area contributed by atoms with Gasteiger partial charge in [0.25, 0.3) is 0 Å². The zero-order chi connectivity index (χ0) is 15.1. The van der Waals surface area contributed by atoms with Gasteiger partial charge in [0.15, 0.2) is 0 Å². The van der Waals surface area contributed by atoms with Crippen molar-refractivity contribution in [2.75, 3.05) is 0 Å². The van der Waals surface area contributed by atoms with Gasteiger partial charge >= 0.3 is 5.97 Å². The molecule has 1 heterocycles. The Kier molecular flexibility index (Phi) is 5.49. The van der Waals surface area contributed by atoms with Gasteiger partial charge in [0.1, 0.15) is 0 Å². The van der Waals surface area contributed by atoms with Crippen molar-refractivity contribution < 1.29 is 9.90 Å². The van der Waals surface area contributed by atoms with E-state index >= 15 is 0 Å². The lowest BCUT2D eigenvalue weighted by Crippen LogP contribution is -2.14. The Labute approximate surface area is 124 Å². The van der Waals surface area contributed by atoms with E-state index in [1.165, 1.54) is 0 Å². The fourth-order valence-corrected chi connectivity index (χ4v) is 2.51. The zero-order valence-corrected chi connectivity index (χ0v) is 12.3. The van der Waals surface area contributed by atoms with Gasteiger partial charge in [-0.05, 0) is 18.1 Å². The molecule has 0 fully saturated rings. The number of carboxylic acid groups (broad SMARTS) is 1. The molecule has 2 rings (SSSR count). The fourth-order valence-electron chi connectivity index (χ4n) is 2.51. The third-order valence-electron chi connectivity index (χ3n) is 3.63. The van der Waals surface area contributed by atoms with Gasteiger partial charge in [-0.3, -0.25) is 4.79 Å². The van der Waals surface area contributed by atoms with Crippen molar-refractivity contribution in [3.05, 3.63) is 42.2 Å². The highest BCUT2D eigenvalue weighted by molar-refractivity contribution is 5.77. The van der Waals surface area contributed by atoms with Crippen molar-refractivity contribution in [3.63, 3.8) is 0 Å². The summed E-state index contributed by atoms with van der Waals surface area (Å²) in [7, 11) is 0. The number of para-hydroxylation sites is 1. The summed E-state index contributed by atoms with van der Waals surface area (Å²) >= 11 is 0. The van der Waals surface area contributed by atoms with Gasteiger partial charge in [-0.2, -0.15) is 0 Å². The van der Waals surface area contributed by atoms with Crippen molar-refractivity contribution in [1.29, 1.82) is 0 Å². The summed E-state index contributed by atoms with van der Waals surface area (Å²) in [6.45, 7) is 2.15. The van der Waals surface area contributed by atoms with Gasteiger partial charge in [-0.1, -0.05) is 56.0 Å². The van der Waals surface area contributed by atoms with Gasteiger partial charge < -0.3 is 5.11 Å². The van der Waals surface area contributed by atoms with Gasteiger partial charge in [-0.25, -0.2) is 4.68 Å². The first-order valence-electron chi connectivity index (χ1n) is 7.42. The van der Waals surface area contributed by atoms with E-state index in [1.807, 2.05) is 24.3 Å². The molecule has 0 amide bonds. The second-order valence-electron chi connectivity index (χ2n) is 5.15. The fraction of sp³-hybridized carbons (Fsp3) is 0.438. The number of unbranched alkanes of at least 4 members (excludes halogenated alkanes) is 3. The number of carbonyl (C=O) groups is 1. The number of rotatable bonds is 8. The molecule has 2 aromatic rings. The second kappa shape index (κ2) is 7.57. The molecular weight excluding hydrogens is 266 g/mol. The van der Waals surface area contributed by atoms with Crippen LogP contribution >= 0.6 is 0 Å². The highest BCUT2D eigenvalue weighted by Crippen LogP contribution is 2.28. The van der Waals surface area contributed by atoms with Crippen LogP contribution in [0.1, 0.15) is 50.5 Å². The van der Waals surface area contributed by atoms with E-state index in [-0.39, 0.29) is 0 Å². The molecule has 112 valence electrons. The molecule has 0 aliphatic rings. The van der Waals surface area contributed by atoms with Crippen molar-refractivity contribution in [2.24, 2.45) is 0 Å². The topological polar surface area (TPSA) is 68.0 Å². The standard InChI is InChI=1S/C16H21N3O2/c1-2-3-4-5-9-14(16(20)21)13-8-6-7-10-15(13)19-12-11-17-18-19/h6-8,10-12,14H,2-5,9H2,1H3,(H,20,21). The molecule has 0 saturated carbocycles. The summed E-state index contributed by atoms with van der Waals surface area (Å²) in [5.74, 6) is -1.28. The summed E-state index contributed by atoms with van der Waals surface area (Å²) in [5.41, 5.74) is 1.59. The van der Waals surface area contributed by atoms with Gasteiger partial charge in [0.2, 0.25) is 0 Å². The summed E-state index contributed by atoms with van der Waals surface area (Å²) in [5, 5.41) is 17.3. The third kappa shape index (κ3) is 3.90. The van der Waals surface area contributed by atoms with E-state index in [4.69, 9.17) is 0 Å². The molecule has 1 unspecified atom stereocenters. The second-order valence-corrected chi connectivity index (χ2v) is 5.15. The average molecular weight is 287 g/mol. The Bertz CT molecular complexity index is 567. The van der Waals surface area contributed by atoms with Crippen LogP contribution in [0.5, 0.6) is 0 Å². The van der Waals surface area contributed by atoms with Crippen molar-refractivity contribution in [2.45, 2.75) is 44.9 Å². The molecular formula is C16H21N3O2. The summed E-state index contributed by atoms with van der Waals surface area (Å²) in [6.07, 6.45) is 8.27. The first kappa shape index (κ1) is 15.2. The Balaban J connectivity index is 2.22. The Hall–Kier alpha value is -2.17. The maximum atomic E-state index is 11.6.